The number of nitrogens with zero attached hydrogens (tertiary/aromatic N) is 1. The zero-order chi connectivity index (χ0) is 12.3. The molecule has 1 unspecified atom stereocenters. The Morgan fingerprint density at radius 3 is 2.50 bits per heavy atom. The summed E-state index contributed by atoms with van der Waals surface area (Å²) < 4.78 is 0. The normalized spacial score (nSPS) is 25.9. The Morgan fingerprint density at radius 1 is 1.38 bits per heavy atom. The molecule has 5 heteroatoms. The Kier molecular flexibility index (Phi) is 4.02. The van der Waals surface area contributed by atoms with Gasteiger partial charge in [-0.3, -0.25) is 14.5 Å². The molecule has 0 aromatic carbocycles. The molecule has 2 amide bonds. The Bertz CT molecular complexity index is 330. The van der Waals surface area contributed by atoms with Gasteiger partial charge in [0.05, 0.1) is 0 Å². The lowest BCUT2D eigenvalue weighted by Gasteiger charge is -2.38. The molecule has 1 rings (SSSR count). The van der Waals surface area contributed by atoms with Crippen molar-refractivity contribution in [1.82, 2.24) is 10.2 Å². The van der Waals surface area contributed by atoms with Crippen LogP contribution in [0, 0.1) is 5.41 Å². The highest BCUT2D eigenvalue weighted by Gasteiger charge is 2.49. The van der Waals surface area contributed by atoms with Gasteiger partial charge in [0.15, 0.2) is 5.11 Å². The fraction of sp³-hybridized carbons (Fsp3) is 0.727. The first kappa shape index (κ1) is 13.1. The first-order valence-electron chi connectivity index (χ1n) is 5.63. The fourth-order valence-electron chi connectivity index (χ4n) is 2.00. The summed E-state index contributed by atoms with van der Waals surface area (Å²) in [4.78, 5) is 25.5. The quantitative estimate of drug-likeness (QED) is 0.599. The van der Waals surface area contributed by atoms with Gasteiger partial charge in [-0.2, -0.15) is 0 Å². The Morgan fingerprint density at radius 2 is 2.00 bits per heavy atom. The van der Waals surface area contributed by atoms with Crippen LogP contribution in [0.3, 0.4) is 0 Å². The van der Waals surface area contributed by atoms with Crippen LogP contribution in [-0.2, 0) is 9.59 Å². The number of hydrogen-bond donors (Lipinski definition) is 1. The molecular weight excluding hydrogens is 224 g/mol. The zero-order valence-electron chi connectivity index (χ0n) is 10.0. The lowest BCUT2D eigenvalue weighted by molar-refractivity contribution is -0.150. The predicted octanol–water partition coefficient (Wildman–Crippen LogP) is 1.45. The van der Waals surface area contributed by atoms with Gasteiger partial charge in [-0.05, 0) is 25.1 Å². The van der Waals surface area contributed by atoms with Gasteiger partial charge in [0, 0.05) is 7.05 Å². The number of hydrogen-bond acceptors (Lipinski definition) is 3. The summed E-state index contributed by atoms with van der Waals surface area (Å²) in [6.07, 6.45) is 2.95. The Balaban J connectivity index is 3.01. The van der Waals surface area contributed by atoms with E-state index in [1.807, 2.05) is 13.8 Å². The van der Waals surface area contributed by atoms with Gasteiger partial charge < -0.3 is 5.32 Å². The van der Waals surface area contributed by atoms with Gasteiger partial charge in [0.2, 0.25) is 11.8 Å². The number of carbonyl (C=O) groups excluding carboxylic acids is 2. The van der Waals surface area contributed by atoms with Crippen molar-refractivity contribution in [3.63, 3.8) is 0 Å². The lowest BCUT2D eigenvalue weighted by atomic mass is 9.77. The minimum Gasteiger partial charge on any atom is -0.302 e. The van der Waals surface area contributed by atoms with E-state index in [0.717, 1.165) is 12.8 Å². The minimum atomic E-state index is -0.910. The molecule has 1 atom stereocenters. The van der Waals surface area contributed by atoms with E-state index in [4.69, 9.17) is 12.2 Å². The minimum absolute atomic E-state index is 0.169. The van der Waals surface area contributed by atoms with E-state index in [0.29, 0.717) is 12.8 Å². The second kappa shape index (κ2) is 4.91. The molecule has 1 fully saturated rings. The van der Waals surface area contributed by atoms with Crippen molar-refractivity contribution in [2.75, 3.05) is 7.05 Å². The molecule has 0 radical (unpaired) electrons. The number of nitrogens with one attached hydrogen (secondary N) is 1. The van der Waals surface area contributed by atoms with Gasteiger partial charge >= 0.3 is 0 Å². The Labute approximate surface area is 101 Å². The SMILES string of the molecule is CCCCC1(CC)C(=O)NC(=S)N(C)C1=O. The first-order valence-corrected chi connectivity index (χ1v) is 6.04. The predicted molar refractivity (Wildman–Crippen MR) is 65.8 cm³/mol. The average molecular weight is 242 g/mol. The molecule has 1 saturated heterocycles. The van der Waals surface area contributed by atoms with E-state index >= 15 is 0 Å². The maximum atomic E-state index is 12.2. The van der Waals surface area contributed by atoms with Gasteiger partial charge in [-0.15, -0.1) is 0 Å². The molecule has 0 aromatic rings. The second-order valence-corrected chi connectivity index (χ2v) is 4.55. The molecule has 0 aromatic heterocycles. The number of carbonyl (C=O) groups is 2. The van der Waals surface area contributed by atoms with Crippen molar-refractivity contribution >= 4 is 29.1 Å². The third-order valence-electron chi connectivity index (χ3n) is 3.23. The smallest absolute Gasteiger partial charge is 0.244 e. The molecule has 16 heavy (non-hydrogen) atoms. The van der Waals surface area contributed by atoms with Crippen molar-refractivity contribution in [2.45, 2.75) is 39.5 Å². The highest BCUT2D eigenvalue weighted by molar-refractivity contribution is 7.80. The Hall–Kier alpha value is -0.970. The molecule has 1 aliphatic rings. The van der Waals surface area contributed by atoms with Crippen LogP contribution < -0.4 is 5.32 Å². The fourth-order valence-corrected chi connectivity index (χ4v) is 2.17. The van der Waals surface area contributed by atoms with Gasteiger partial charge in [0.25, 0.3) is 0 Å². The maximum absolute atomic E-state index is 12.2. The average Bonchev–Trinajstić information content (AvgIpc) is 2.27. The lowest BCUT2D eigenvalue weighted by Crippen LogP contribution is -2.62. The highest BCUT2D eigenvalue weighted by Crippen LogP contribution is 2.33. The van der Waals surface area contributed by atoms with Gasteiger partial charge in [-0.1, -0.05) is 26.7 Å². The van der Waals surface area contributed by atoms with E-state index in [2.05, 4.69) is 5.32 Å². The second-order valence-electron chi connectivity index (χ2n) is 4.16. The molecule has 90 valence electrons. The summed E-state index contributed by atoms with van der Waals surface area (Å²) in [7, 11) is 1.61. The van der Waals surface area contributed by atoms with Gasteiger partial charge in [-0.25, -0.2) is 0 Å². The molecule has 0 aliphatic carbocycles. The van der Waals surface area contributed by atoms with E-state index < -0.39 is 5.41 Å². The molecule has 0 saturated carbocycles. The summed E-state index contributed by atoms with van der Waals surface area (Å²) in [6, 6.07) is 0. The van der Waals surface area contributed by atoms with E-state index in [1.165, 1.54) is 4.90 Å². The third kappa shape index (κ3) is 1.96. The van der Waals surface area contributed by atoms with Crippen molar-refractivity contribution in [3.8, 4) is 0 Å². The van der Waals surface area contributed by atoms with Crippen LogP contribution in [-0.4, -0.2) is 28.9 Å². The number of thiocarbonyl (C=S) groups is 1. The van der Waals surface area contributed by atoms with Crippen LogP contribution in [0.15, 0.2) is 0 Å². The van der Waals surface area contributed by atoms with E-state index in [1.54, 1.807) is 7.05 Å². The van der Waals surface area contributed by atoms with Crippen LogP contribution in [0.25, 0.3) is 0 Å². The highest BCUT2D eigenvalue weighted by atomic mass is 32.1. The van der Waals surface area contributed by atoms with Crippen molar-refractivity contribution in [3.05, 3.63) is 0 Å². The summed E-state index contributed by atoms with van der Waals surface area (Å²) in [5.74, 6) is -0.409. The van der Waals surface area contributed by atoms with E-state index in [9.17, 15) is 9.59 Å². The van der Waals surface area contributed by atoms with Crippen LogP contribution in [0.5, 0.6) is 0 Å². The van der Waals surface area contributed by atoms with Crippen molar-refractivity contribution in [1.29, 1.82) is 0 Å². The maximum Gasteiger partial charge on any atom is 0.244 e. The van der Waals surface area contributed by atoms with Crippen LogP contribution >= 0.6 is 12.2 Å². The third-order valence-corrected chi connectivity index (χ3v) is 3.61. The number of unbranched alkanes of at least 4 members (excludes halogenated alkanes) is 1. The number of amides is 2. The standard InChI is InChI=1S/C11H18N2O2S/c1-4-6-7-11(5-2)8(14)12-10(16)13(3)9(11)15/h4-7H2,1-3H3,(H,12,14,16). The molecule has 1 heterocycles. The zero-order valence-corrected chi connectivity index (χ0v) is 10.8. The molecule has 0 bridgehead atoms. The van der Waals surface area contributed by atoms with Crippen molar-refractivity contribution in [2.24, 2.45) is 5.41 Å². The summed E-state index contributed by atoms with van der Waals surface area (Å²) >= 11 is 4.92. The number of rotatable bonds is 4. The van der Waals surface area contributed by atoms with Crippen molar-refractivity contribution < 1.29 is 9.59 Å². The summed E-state index contributed by atoms with van der Waals surface area (Å²) in [5.41, 5.74) is -0.910. The monoisotopic (exact) mass is 242 g/mol. The van der Waals surface area contributed by atoms with Crippen LogP contribution in [0.4, 0.5) is 0 Å². The van der Waals surface area contributed by atoms with Gasteiger partial charge in [0.1, 0.15) is 5.41 Å². The topological polar surface area (TPSA) is 49.4 Å². The van der Waals surface area contributed by atoms with E-state index in [-0.39, 0.29) is 16.9 Å². The molecule has 4 nitrogen and oxygen atoms in total. The van der Waals surface area contributed by atoms with Crippen LogP contribution in [0.1, 0.15) is 39.5 Å². The summed E-state index contributed by atoms with van der Waals surface area (Å²) in [5, 5.41) is 2.81. The summed E-state index contributed by atoms with van der Waals surface area (Å²) in [6.45, 7) is 3.91. The molecular formula is C11H18N2O2S. The molecule has 1 N–H and O–H groups in total. The van der Waals surface area contributed by atoms with Crippen LogP contribution in [0.2, 0.25) is 0 Å². The largest absolute Gasteiger partial charge is 0.302 e. The first-order chi connectivity index (χ1) is 7.49. The molecule has 0 spiro atoms. The molecule has 1 aliphatic heterocycles.